The van der Waals surface area contributed by atoms with Gasteiger partial charge in [0.25, 0.3) is 0 Å². The Hall–Kier alpha value is -1.39. The number of methoxy groups -OCH3 is 1. The average molecular weight is 250 g/mol. The van der Waals surface area contributed by atoms with Gasteiger partial charge in [-0.1, -0.05) is 31.5 Å². The Morgan fingerprint density at radius 1 is 1.44 bits per heavy atom. The third kappa shape index (κ3) is 4.47. The largest absolute Gasteiger partial charge is 0.384 e. The summed E-state index contributed by atoms with van der Waals surface area (Å²) < 4.78 is 5.05. The summed E-state index contributed by atoms with van der Waals surface area (Å²) in [5.41, 5.74) is 7.68. The third-order valence-corrected chi connectivity index (χ3v) is 2.79. The summed E-state index contributed by atoms with van der Waals surface area (Å²) in [6.07, 6.45) is 2.38. The summed E-state index contributed by atoms with van der Waals surface area (Å²) in [7, 11) is 1.67. The predicted molar refractivity (Wildman–Crippen MR) is 73.5 cm³/mol. The number of nitrogens with two attached hydrogens (primary N) is 1. The van der Waals surface area contributed by atoms with E-state index in [2.05, 4.69) is 5.32 Å². The minimum Gasteiger partial charge on any atom is -0.384 e. The van der Waals surface area contributed by atoms with E-state index in [1.165, 1.54) is 0 Å². The quantitative estimate of drug-likeness (QED) is 0.777. The highest BCUT2D eigenvalue weighted by atomic mass is 16.5. The summed E-state index contributed by atoms with van der Waals surface area (Å²) in [6, 6.07) is 7.29. The van der Waals surface area contributed by atoms with Crippen molar-refractivity contribution >= 4 is 11.6 Å². The molecule has 0 saturated carbocycles. The van der Waals surface area contributed by atoms with Crippen molar-refractivity contribution in [2.75, 3.05) is 19.0 Å². The molecule has 4 nitrogen and oxygen atoms in total. The molecule has 1 aromatic carbocycles. The number of amides is 1. The van der Waals surface area contributed by atoms with E-state index >= 15 is 0 Å². The van der Waals surface area contributed by atoms with Gasteiger partial charge in [0.2, 0.25) is 5.91 Å². The maximum atomic E-state index is 11.9. The summed E-state index contributed by atoms with van der Waals surface area (Å²) in [4.78, 5) is 11.9. The number of carbonyl (C=O) groups is 1. The zero-order valence-corrected chi connectivity index (χ0v) is 11.1. The fraction of sp³-hybridized carbons (Fsp3) is 0.500. The van der Waals surface area contributed by atoms with Crippen molar-refractivity contribution in [1.82, 2.24) is 0 Å². The highest BCUT2D eigenvalue weighted by Crippen LogP contribution is 2.16. The number of ether oxygens (including phenoxy) is 1. The molecule has 0 aromatic heterocycles. The Labute approximate surface area is 109 Å². The number of nitrogens with one attached hydrogen (secondary N) is 1. The lowest BCUT2D eigenvalue weighted by atomic mass is 10.1. The third-order valence-electron chi connectivity index (χ3n) is 2.79. The zero-order chi connectivity index (χ0) is 13.4. The van der Waals surface area contributed by atoms with Crippen LogP contribution < -0.4 is 11.1 Å². The lowest BCUT2D eigenvalue weighted by molar-refractivity contribution is -0.117. The number of hydrogen-bond donors (Lipinski definition) is 2. The van der Waals surface area contributed by atoms with Crippen LogP contribution in [-0.4, -0.2) is 25.7 Å². The van der Waals surface area contributed by atoms with Gasteiger partial charge < -0.3 is 15.8 Å². The molecule has 0 unspecified atom stereocenters. The molecule has 3 N–H and O–H groups in total. The summed E-state index contributed by atoms with van der Waals surface area (Å²) in [5, 5.41) is 2.88. The van der Waals surface area contributed by atoms with Crippen molar-refractivity contribution in [1.29, 1.82) is 0 Å². The van der Waals surface area contributed by atoms with E-state index in [4.69, 9.17) is 10.5 Å². The molecule has 0 aliphatic rings. The van der Waals surface area contributed by atoms with Crippen molar-refractivity contribution in [3.8, 4) is 0 Å². The fourth-order valence-electron chi connectivity index (χ4n) is 1.74. The molecular weight excluding hydrogens is 228 g/mol. The van der Waals surface area contributed by atoms with Gasteiger partial charge in [0, 0.05) is 12.8 Å². The first-order chi connectivity index (χ1) is 8.69. The topological polar surface area (TPSA) is 64.4 Å². The van der Waals surface area contributed by atoms with Crippen LogP contribution in [0.1, 0.15) is 25.3 Å². The molecule has 0 bridgehead atoms. The second-order valence-electron chi connectivity index (χ2n) is 4.28. The van der Waals surface area contributed by atoms with Crippen LogP contribution in [0.15, 0.2) is 24.3 Å². The van der Waals surface area contributed by atoms with E-state index in [1.54, 1.807) is 7.11 Å². The van der Waals surface area contributed by atoms with Crippen LogP contribution in [0, 0.1) is 0 Å². The molecule has 1 aromatic rings. The second-order valence-corrected chi connectivity index (χ2v) is 4.28. The van der Waals surface area contributed by atoms with Crippen LogP contribution in [0.5, 0.6) is 0 Å². The standard InChI is InChI=1S/C14H22N2O2/c1-3-6-12(15)14(17)16-13-8-5-4-7-11(13)9-10-18-2/h4-5,7-8,12H,3,6,9-10,15H2,1-2H3,(H,16,17)/t12-/m0/s1. The monoisotopic (exact) mass is 250 g/mol. The van der Waals surface area contributed by atoms with E-state index < -0.39 is 6.04 Å². The SMILES string of the molecule is CCC[C@H](N)C(=O)Nc1ccccc1CCOC. The highest BCUT2D eigenvalue weighted by molar-refractivity contribution is 5.95. The van der Waals surface area contributed by atoms with Gasteiger partial charge in [0.05, 0.1) is 12.6 Å². The molecule has 0 aliphatic carbocycles. The predicted octanol–water partition coefficient (Wildman–Crippen LogP) is 1.94. The normalized spacial score (nSPS) is 12.2. The van der Waals surface area contributed by atoms with E-state index in [9.17, 15) is 4.79 Å². The summed E-state index contributed by atoms with van der Waals surface area (Å²) >= 11 is 0. The van der Waals surface area contributed by atoms with Crippen LogP contribution in [0.4, 0.5) is 5.69 Å². The number of benzene rings is 1. The molecule has 18 heavy (non-hydrogen) atoms. The second kappa shape index (κ2) is 7.84. The van der Waals surface area contributed by atoms with Gasteiger partial charge in [-0.05, 0) is 24.5 Å². The first kappa shape index (κ1) is 14.7. The molecule has 0 spiro atoms. The molecule has 1 atom stereocenters. The molecule has 0 fully saturated rings. The van der Waals surface area contributed by atoms with Crippen LogP contribution in [0.2, 0.25) is 0 Å². The minimum atomic E-state index is -0.439. The minimum absolute atomic E-state index is 0.123. The Bertz CT molecular complexity index is 380. The van der Waals surface area contributed by atoms with Gasteiger partial charge in [0.1, 0.15) is 0 Å². The lowest BCUT2D eigenvalue weighted by Crippen LogP contribution is -2.35. The number of carbonyl (C=O) groups excluding carboxylic acids is 1. The average Bonchev–Trinajstić information content (AvgIpc) is 2.38. The van der Waals surface area contributed by atoms with Crippen LogP contribution >= 0.6 is 0 Å². The molecular formula is C14H22N2O2. The van der Waals surface area contributed by atoms with Gasteiger partial charge >= 0.3 is 0 Å². The molecule has 0 heterocycles. The van der Waals surface area contributed by atoms with Gasteiger partial charge in [-0.25, -0.2) is 0 Å². The number of para-hydroxylation sites is 1. The van der Waals surface area contributed by atoms with Gasteiger partial charge in [-0.2, -0.15) is 0 Å². The number of hydrogen-bond acceptors (Lipinski definition) is 3. The number of rotatable bonds is 7. The summed E-state index contributed by atoms with van der Waals surface area (Å²) in [5.74, 6) is -0.123. The molecule has 1 amide bonds. The number of anilines is 1. The van der Waals surface area contributed by atoms with E-state index in [-0.39, 0.29) is 5.91 Å². The molecule has 0 radical (unpaired) electrons. The van der Waals surface area contributed by atoms with E-state index in [0.29, 0.717) is 13.0 Å². The van der Waals surface area contributed by atoms with Crippen LogP contribution in [0.25, 0.3) is 0 Å². The van der Waals surface area contributed by atoms with E-state index in [0.717, 1.165) is 24.1 Å². The highest BCUT2D eigenvalue weighted by Gasteiger charge is 2.13. The molecule has 100 valence electrons. The van der Waals surface area contributed by atoms with Gasteiger partial charge in [-0.3, -0.25) is 4.79 Å². The Kier molecular flexibility index (Phi) is 6.39. The molecule has 0 aliphatic heterocycles. The molecule has 4 heteroatoms. The lowest BCUT2D eigenvalue weighted by Gasteiger charge is -2.14. The van der Waals surface area contributed by atoms with E-state index in [1.807, 2.05) is 31.2 Å². The Morgan fingerprint density at radius 2 is 2.17 bits per heavy atom. The fourth-order valence-corrected chi connectivity index (χ4v) is 1.74. The maximum Gasteiger partial charge on any atom is 0.241 e. The van der Waals surface area contributed by atoms with Crippen molar-refractivity contribution in [3.63, 3.8) is 0 Å². The smallest absolute Gasteiger partial charge is 0.241 e. The zero-order valence-electron chi connectivity index (χ0n) is 11.1. The van der Waals surface area contributed by atoms with Gasteiger partial charge in [0.15, 0.2) is 0 Å². The van der Waals surface area contributed by atoms with Crippen LogP contribution in [0.3, 0.4) is 0 Å². The summed E-state index contributed by atoms with van der Waals surface area (Å²) in [6.45, 7) is 2.65. The first-order valence-corrected chi connectivity index (χ1v) is 6.32. The van der Waals surface area contributed by atoms with Crippen molar-refractivity contribution < 1.29 is 9.53 Å². The molecule has 0 saturated heterocycles. The van der Waals surface area contributed by atoms with Crippen LogP contribution in [-0.2, 0) is 16.0 Å². The maximum absolute atomic E-state index is 11.9. The Morgan fingerprint density at radius 3 is 2.83 bits per heavy atom. The van der Waals surface area contributed by atoms with Gasteiger partial charge in [-0.15, -0.1) is 0 Å². The first-order valence-electron chi connectivity index (χ1n) is 6.32. The molecule has 1 rings (SSSR count). The van der Waals surface area contributed by atoms with Crippen molar-refractivity contribution in [3.05, 3.63) is 29.8 Å². The Balaban J connectivity index is 2.68. The van der Waals surface area contributed by atoms with Crippen molar-refractivity contribution in [2.45, 2.75) is 32.2 Å². The van der Waals surface area contributed by atoms with Crippen molar-refractivity contribution in [2.24, 2.45) is 5.73 Å².